The Kier molecular flexibility index (Phi) is 5.71. The van der Waals surface area contributed by atoms with Gasteiger partial charge in [0.1, 0.15) is 12.3 Å². The van der Waals surface area contributed by atoms with Gasteiger partial charge in [-0.15, -0.1) is 0 Å². The lowest BCUT2D eigenvalue weighted by atomic mass is 9.99. The number of aryl methyl sites for hydroxylation is 3. The second kappa shape index (κ2) is 7.98. The smallest absolute Gasteiger partial charge is 0.194 e. The molecule has 4 heteroatoms. The molecule has 2 heterocycles. The molecule has 0 saturated carbocycles. The number of benzene rings is 1. The van der Waals surface area contributed by atoms with Crippen molar-refractivity contribution in [3.63, 3.8) is 0 Å². The largest absolute Gasteiger partial charge is 0.497 e. The predicted molar refractivity (Wildman–Crippen MR) is 96.5 cm³/mol. The fourth-order valence-corrected chi connectivity index (χ4v) is 3.28. The van der Waals surface area contributed by atoms with Crippen LogP contribution in [0.3, 0.4) is 0 Å². The van der Waals surface area contributed by atoms with Gasteiger partial charge in [-0.25, -0.2) is 4.57 Å². The van der Waals surface area contributed by atoms with E-state index < -0.39 is 5.79 Å². The Labute approximate surface area is 150 Å². The van der Waals surface area contributed by atoms with Gasteiger partial charge in [0.05, 0.1) is 20.3 Å². The number of nitrogens with zero attached hydrogens (tertiary/aromatic N) is 1. The first-order valence-corrected chi connectivity index (χ1v) is 9.02. The number of unbranched alkanes of at least 4 members (excludes halogenated alkanes) is 1. The molecule has 1 fully saturated rings. The van der Waals surface area contributed by atoms with E-state index in [9.17, 15) is 0 Å². The standard InChI is InChI=1S/C21H28NO3/c1-17-10-13-22(16-18(17)2)12-5-4-11-21(24-14-15-25-21)19-6-8-20(23-3)9-7-19/h6-10,13,16H,4-5,11-12,14-15H2,1-3H3/q+1. The van der Waals surface area contributed by atoms with E-state index in [1.165, 1.54) is 11.1 Å². The SMILES string of the molecule is COc1ccc(C2(CCCC[n+]3ccc(C)c(C)c3)OCCO2)cc1. The molecule has 1 aliphatic rings. The number of hydrogen-bond donors (Lipinski definition) is 0. The van der Waals surface area contributed by atoms with Crippen LogP contribution in [0.25, 0.3) is 0 Å². The molecule has 1 aliphatic heterocycles. The number of pyridine rings is 1. The Morgan fingerprint density at radius 1 is 1.00 bits per heavy atom. The summed E-state index contributed by atoms with van der Waals surface area (Å²) in [6.07, 6.45) is 7.38. The zero-order chi connectivity index (χ0) is 17.7. The first-order valence-electron chi connectivity index (χ1n) is 9.02. The lowest BCUT2D eigenvalue weighted by molar-refractivity contribution is -0.697. The van der Waals surface area contributed by atoms with Gasteiger partial charge in [0.15, 0.2) is 18.2 Å². The van der Waals surface area contributed by atoms with Gasteiger partial charge in [-0.1, -0.05) is 0 Å². The third kappa shape index (κ3) is 4.20. The van der Waals surface area contributed by atoms with Crippen LogP contribution in [0.5, 0.6) is 5.75 Å². The Balaban J connectivity index is 1.59. The van der Waals surface area contributed by atoms with E-state index in [0.717, 1.165) is 37.1 Å². The van der Waals surface area contributed by atoms with Crippen LogP contribution in [-0.4, -0.2) is 20.3 Å². The van der Waals surface area contributed by atoms with E-state index in [0.29, 0.717) is 13.2 Å². The monoisotopic (exact) mass is 342 g/mol. The van der Waals surface area contributed by atoms with Crippen molar-refractivity contribution in [2.24, 2.45) is 0 Å². The highest BCUT2D eigenvalue weighted by Crippen LogP contribution is 2.37. The normalized spacial score (nSPS) is 16.1. The molecule has 3 rings (SSSR count). The fraction of sp³-hybridized carbons (Fsp3) is 0.476. The van der Waals surface area contributed by atoms with Crippen LogP contribution in [0.15, 0.2) is 42.7 Å². The molecule has 0 amide bonds. The summed E-state index contributed by atoms with van der Waals surface area (Å²) in [5.41, 5.74) is 3.74. The molecule has 0 N–H and O–H groups in total. The maximum Gasteiger partial charge on any atom is 0.194 e. The number of methoxy groups -OCH3 is 1. The van der Waals surface area contributed by atoms with Crippen molar-refractivity contribution in [1.82, 2.24) is 0 Å². The first-order chi connectivity index (χ1) is 12.1. The Morgan fingerprint density at radius 3 is 2.36 bits per heavy atom. The minimum atomic E-state index is -0.597. The summed E-state index contributed by atoms with van der Waals surface area (Å²) >= 11 is 0. The summed E-state index contributed by atoms with van der Waals surface area (Å²) in [5, 5.41) is 0. The van der Waals surface area contributed by atoms with Crippen LogP contribution in [0.2, 0.25) is 0 Å². The number of ether oxygens (including phenoxy) is 3. The van der Waals surface area contributed by atoms with Crippen LogP contribution < -0.4 is 9.30 Å². The van der Waals surface area contributed by atoms with E-state index >= 15 is 0 Å². The van der Waals surface area contributed by atoms with Gasteiger partial charge in [-0.2, -0.15) is 0 Å². The van der Waals surface area contributed by atoms with Gasteiger partial charge in [0.25, 0.3) is 0 Å². The summed E-state index contributed by atoms with van der Waals surface area (Å²) < 4.78 is 19.5. The van der Waals surface area contributed by atoms with Gasteiger partial charge >= 0.3 is 0 Å². The summed E-state index contributed by atoms with van der Waals surface area (Å²) in [7, 11) is 1.68. The maximum absolute atomic E-state index is 6.02. The molecule has 1 aromatic heterocycles. The quantitative estimate of drug-likeness (QED) is 0.568. The molecular formula is C21H28NO3+. The zero-order valence-electron chi connectivity index (χ0n) is 15.5. The molecule has 0 spiro atoms. The molecule has 0 unspecified atom stereocenters. The third-order valence-electron chi connectivity index (χ3n) is 4.95. The van der Waals surface area contributed by atoms with Crippen molar-refractivity contribution in [3.05, 3.63) is 59.4 Å². The van der Waals surface area contributed by atoms with Crippen molar-refractivity contribution in [3.8, 4) is 5.75 Å². The van der Waals surface area contributed by atoms with Gasteiger partial charge in [0.2, 0.25) is 0 Å². The van der Waals surface area contributed by atoms with Crippen molar-refractivity contribution in [2.75, 3.05) is 20.3 Å². The Hall–Kier alpha value is -1.91. The number of hydrogen-bond acceptors (Lipinski definition) is 3. The predicted octanol–water partition coefficient (Wildman–Crippen LogP) is 3.67. The highest BCUT2D eigenvalue weighted by Gasteiger charge is 2.38. The van der Waals surface area contributed by atoms with Crippen LogP contribution >= 0.6 is 0 Å². The van der Waals surface area contributed by atoms with Crippen LogP contribution in [0.1, 0.15) is 36.0 Å². The van der Waals surface area contributed by atoms with Gasteiger partial charge in [-0.3, -0.25) is 0 Å². The maximum atomic E-state index is 6.02. The second-order valence-corrected chi connectivity index (χ2v) is 6.68. The van der Waals surface area contributed by atoms with E-state index in [-0.39, 0.29) is 0 Å². The minimum Gasteiger partial charge on any atom is -0.497 e. The molecule has 0 radical (unpaired) electrons. The average molecular weight is 342 g/mol. The molecule has 134 valence electrons. The summed E-state index contributed by atoms with van der Waals surface area (Å²) in [6, 6.07) is 10.2. The number of aromatic nitrogens is 1. The molecule has 0 aliphatic carbocycles. The molecule has 1 saturated heterocycles. The summed E-state index contributed by atoms with van der Waals surface area (Å²) in [6.45, 7) is 6.62. The molecule has 1 aromatic carbocycles. The third-order valence-corrected chi connectivity index (χ3v) is 4.95. The van der Waals surface area contributed by atoms with E-state index in [1.807, 2.05) is 24.3 Å². The lowest BCUT2D eigenvalue weighted by Gasteiger charge is -2.28. The van der Waals surface area contributed by atoms with E-state index in [1.54, 1.807) is 7.11 Å². The highest BCUT2D eigenvalue weighted by atomic mass is 16.7. The van der Waals surface area contributed by atoms with E-state index in [4.69, 9.17) is 14.2 Å². The van der Waals surface area contributed by atoms with Gasteiger partial charge in [-0.05, 0) is 50.1 Å². The minimum absolute atomic E-state index is 0.597. The van der Waals surface area contributed by atoms with Crippen molar-refractivity contribution >= 4 is 0 Å². The van der Waals surface area contributed by atoms with Gasteiger partial charge in [0, 0.05) is 30.0 Å². The molecule has 0 bridgehead atoms. The number of rotatable bonds is 7. The molecule has 2 aromatic rings. The van der Waals surface area contributed by atoms with Crippen molar-refractivity contribution < 1.29 is 18.8 Å². The molecule has 0 atom stereocenters. The molecule has 25 heavy (non-hydrogen) atoms. The second-order valence-electron chi connectivity index (χ2n) is 6.68. The van der Waals surface area contributed by atoms with Gasteiger partial charge < -0.3 is 14.2 Å². The fourth-order valence-electron chi connectivity index (χ4n) is 3.28. The Morgan fingerprint density at radius 2 is 1.72 bits per heavy atom. The average Bonchev–Trinajstić information content (AvgIpc) is 3.12. The van der Waals surface area contributed by atoms with Crippen LogP contribution in [-0.2, 0) is 21.8 Å². The molecular weight excluding hydrogens is 314 g/mol. The Bertz CT molecular complexity index is 691. The van der Waals surface area contributed by atoms with Crippen molar-refractivity contribution in [1.29, 1.82) is 0 Å². The summed E-state index contributed by atoms with van der Waals surface area (Å²) in [4.78, 5) is 0. The lowest BCUT2D eigenvalue weighted by Crippen LogP contribution is -2.34. The molecule has 4 nitrogen and oxygen atoms in total. The first kappa shape index (κ1) is 17.9. The summed E-state index contributed by atoms with van der Waals surface area (Å²) in [5.74, 6) is 0.253. The van der Waals surface area contributed by atoms with E-state index in [2.05, 4.69) is 36.9 Å². The van der Waals surface area contributed by atoms with Crippen LogP contribution in [0, 0.1) is 13.8 Å². The van der Waals surface area contributed by atoms with Crippen molar-refractivity contribution in [2.45, 2.75) is 45.4 Å². The zero-order valence-corrected chi connectivity index (χ0v) is 15.5. The highest BCUT2D eigenvalue weighted by molar-refractivity contribution is 5.30. The van der Waals surface area contributed by atoms with Crippen LogP contribution in [0.4, 0.5) is 0 Å². The topological polar surface area (TPSA) is 31.6 Å².